The lowest BCUT2D eigenvalue weighted by Crippen LogP contribution is -2.44. The highest BCUT2D eigenvalue weighted by atomic mass is 35.5. The summed E-state index contributed by atoms with van der Waals surface area (Å²) >= 11 is 6.00. The molecule has 3 rings (SSSR count). The second kappa shape index (κ2) is 7.11. The van der Waals surface area contributed by atoms with Gasteiger partial charge in [0.05, 0.1) is 5.56 Å². The van der Waals surface area contributed by atoms with Gasteiger partial charge in [0.15, 0.2) is 0 Å². The van der Waals surface area contributed by atoms with Crippen molar-refractivity contribution in [3.8, 4) is 0 Å². The van der Waals surface area contributed by atoms with Gasteiger partial charge in [0.1, 0.15) is 0 Å². The molecule has 1 amide bonds. The molecule has 0 saturated carbocycles. The molecule has 0 spiro atoms. The monoisotopic (exact) mass is 330 g/mol. The van der Waals surface area contributed by atoms with Gasteiger partial charge in [-0.15, -0.1) is 0 Å². The highest BCUT2D eigenvalue weighted by Crippen LogP contribution is 2.35. The molecule has 23 heavy (non-hydrogen) atoms. The van der Waals surface area contributed by atoms with Gasteiger partial charge in [-0.3, -0.25) is 9.78 Å². The van der Waals surface area contributed by atoms with Crippen LogP contribution in [0.5, 0.6) is 0 Å². The number of hydrogen-bond donors (Lipinski definition) is 1. The van der Waals surface area contributed by atoms with E-state index < -0.39 is 0 Å². The predicted octanol–water partition coefficient (Wildman–Crippen LogP) is 3.21. The number of pyridine rings is 1. The number of benzene rings is 1. The Hall–Kier alpha value is -1.91. The molecule has 120 valence electrons. The molecule has 1 aromatic heterocycles. The number of nitrogens with one attached hydrogen (secondary N) is 1. The molecule has 4 nitrogen and oxygen atoms in total. The van der Waals surface area contributed by atoms with Crippen LogP contribution in [0.2, 0.25) is 5.02 Å². The van der Waals surface area contributed by atoms with Crippen LogP contribution in [0.25, 0.3) is 0 Å². The summed E-state index contributed by atoms with van der Waals surface area (Å²) in [6.45, 7) is 1.97. The first-order chi connectivity index (χ1) is 11.2. The smallest absolute Gasteiger partial charge is 0.252 e. The number of nitrogens with zero attached hydrogens (tertiary/aromatic N) is 1. The SMILES string of the molecule is O=C(NCC1(c2ccc(Cl)cc2)CCOCC1)c1cccnc1. The summed E-state index contributed by atoms with van der Waals surface area (Å²) in [6.07, 6.45) is 4.99. The van der Waals surface area contributed by atoms with Gasteiger partial charge in [-0.05, 0) is 42.7 Å². The zero-order valence-electron chi connectivity index (χ0n) is 12.8. The van der Waals surface area contributed by atoms with Crippen LogP contribution in [0.4, 0.5) is 0 Å². The van der Waals surface area contributed by atoms with Crippen LogP contribution in [0.3, 0.4) is 0 Å². The third-order valence-electron chi connectivity index (χ3n) is 4.42. The molecule has 0 unspecified atom stereocenters. The van der Waals surface area contributed by atoms with Crippen LogP contribution in [0.15, 0.2) is 48.8 Å². The number of carbonyl (C=O) groups is 1. The van der Waals surface area contributed by atoms with E-state index in [2.05, 4.69) is 10.3 Å². The maximum atomic E-state index is 12.3. The number of amides is 1. The molecule has 1 saturated heterocycles. The van der Waals surface area contributed by atoms with Crippen LogP contribution < -0.4 is 5.32 Å². The lowest BCUT2D eigenvalue weighted by atomic mass is 9.74. The van der Waals surface area contributed by atoms with Crippen molar-refractivity contribution in [2.45, 2.75) is 18.3 Å². The molecule has 1 N–H and O–H groups in total. The topological polar surface area (TPSA) is 51.2 Å². The summed E-state index contributed by atoms with van der Waals surface area (Å²) in [5.74, 6) is -0.0991. The van der Waals surface area contributed by atoms with E-state index in [1.54, 1.807) is 24.5 Å². The zero-order valence-corrected chi connectivity index (χ0v) is 13.6. The van der Waals surface area contributed by atoms with E-state index in [0.29, 0.717) is 25.3 Å². The summed E-state index contributed by atoms with van der Waals surface area (Å²) < 4.78 is 5.51. The molecule has 0 bridgehead atoms. The maximum absolute atomic E-state index is 12.3. The average Bonchev–Trinajstić information content (AvgIpc) is 2.62. The standard InChI is InChI=1S/C18H19ClN2O2/c19-16-5-3-15(4-6-16)18(7-10-23-11-8-18)13-21-17(22)14-2-1-9-20-12-14/h1-6,9,12H,7-8,10-11,13H2,(H,21,22). The Morgan fingerprint density at radius 2 is 1.96 bits per heavy atom. The van der Waals surface area contributed by atoms with Crippen molar-refractivity contribution < 1.29 is 9.53 Å². The van der Waals surface area contributed by atoms with Crippen LogP contribution in [0.1, 0.15) is 28.8 Å². The van der Waals surface area contributed by atoms with E-state index in [-0.39, 0.29) is 11.3 Å². The summed E-state index contributed by atoms with van der Waals surface area (Å²) in [5, 5.41) is 3.77. The first-order valence-electron chi connectivity index (χ1n) is 7.72. The fourth-order valence-corrected chi connectivity index (χ4v) is 3.11. The third kappa shape index (κ3) is 3.71. The molecule has 1 aromatic carbocycles. The second-order valence-electron chi connectivity index (χ2n) is 5.82. The Labute approximate surface area is 140 Å². The van der Waals surface area contributed by atoms with Crippen LogP contribution in [-0.2, 0) is 10.2 Å². The van der Waals surface area contributed by atoms with Gasteiger partial charge in [0.25, 0.3) is 5.91 Å². The quantitative estimate of drug-likeness (QED) is 0.936. The highest BCUT2D eigenvalue weighted by Gasteiger charge is 2.34. The molecule has 0 aliphatic carbocycles. The van der Waals surface area contributed by atoms with Crippen molar-refractivity contribution in [2.75, 3.05) is 19.8 Å². The number of halogens is 1. The molecule has 0 atom stereocenters. The summed E-state index contributed by atoms with van der Waals surface area (Å²) in [5.41, 5.74) is 1.66. The Balaban J connectivity index is 1.77. The lowest BCUT2D eigenvalue weighted by molar-refractivity contribution is 0.0487. The first-order valence-corrected chi connectivity index (χ1v) is 8.09. The van der Waals surface area contributed by atoms with E-state index in [1.165, 1.54) is 5.56 Å². The maximum Gasteiger partial charge on any atom is 0.252 e. The number of carbonyl (C=O) groups excluding carboxylic acids is 1. The van der Waals surface area contributed by atoms with E-state index in [0.717, 1.165) is 17.9 Å². The van der Waals surface area contributed by atoms with Gasteiger partial charge >= 0.3 is 0 Å². The molecule has 2 aromatic rings. The van der Waals surface area contributed by atoms with Gasteiger partial charge in [-0.25, -0.2) is 0 Å². The third-order valence-corrected chi connectivity index (χ3v) is 4.67. The lowest BCUT2D eigenvalue weighted by Gasteiger charge is -2.38. The van der Waals surface area contributed by atoms with E-state index in [4.69, 9.17) is 16.3 Å². The minimum Gasteiger partial charge on any atom is -0.381 e. The van der Waals surface area contributed by atoms with E-state index in [1.807, 2.05) is 24.3 Å². The van der Waals surface area contributed by atoms with Gasteiger partial charge in [0, 0.05) is 42.6 Å². The fourth-order valence-electron chi connectivity index (χ4n) is 2.98. The van der Waals surface area contributed by atoms with Crippen molar-refractivity contribution in [3.63, 3.8) is 0 Å². The van der Waals surface area contributed by atoms with E-state index >= 15 is 0 Å². The molecular formula is C18H19ClN2O2. The Kier molecular flexibility index (Phi) is 4.94. The van der Waals surface area contributed by atoms with Crippen molar-refractivity contribution >= 4 is 17.5 Å². The molecular weight excluding hydrogens is 312 g/mol. The number of hydrogen-bond acceptors (Lipinski definition) is 3. The van der Waals surface area contributed by atoms with Crippen LogP contribution in [0, 0.1) is 0 Å². The Morgan fingerprint density at radius 3 is 2.61 bits per heavy atom. The molecule has 5 heteroatoms. The first kappa shape index (κ1) is 16.0. The minimum atomic E-state index is -0.110. The fraction of sp³-hybridized carbons (Fsp3) is 0.333. The van der Waals surface area contributed by atoms with Crippen molar-refractivity contribution in [1.82, 2.24) is 10.3 Å². The molecule has 1 fully saturated rings. The van der Waals surface area contributed by atoms with Gasteiger partial charge in [-0.1, -0.05) is 23.7 Å². The normalized spacial score (nSPS) is 16.7. The molecule has 1 aliphatic heterocycles. The van der Waals surface area contributed by atoms with Crippen molar-refractivity contribution in [1.29, 1.82) is 0 Å². The van der Waals surface area contributed by atoms with Gasteiger partial charge < -0.3 is 10.1 Å². The second-order valence-corrected chi connectivity index (χ2v) is 6.26. The van der Waals surface area contributed by atoms with E-state index in [9.17, 15) is 4.79 Å². The Morgan fingerprint density at radius 1 is 1.22 bits per heavy atom. The van der Waals surface area contributed by atoms with Gasteiger partial charge in [0.2, 0.25) is 0 Å². The van der Waals surface area contributed by atoms with Gasteiger partial charge in [-0.2, -0.15) is 0 Å². The number of rotatable bonds is 4. The molecule has 0 radical (unpaired) electrons. The highest BCUT2D eigenvalue weighted by molar-refractivity contribution is 6.30. The average molecular weight is 331 g/mol. The molecule has 1 aliphatic rings. The number of ether oxygens (including phenoxy) is 1. The summed E-state index contributed by atoms with van der Waals surface area (Å²) in [4.78, 5) is 16.3. The Bertz CT molecular complexity index is 652. The van der Waals surface area contributed by atoms with Crippen molar-refractivity contribution in [3.05, 3.63) is 64.9 Å². The predicted molar refractivity (Wildman–Crippen MR) is 89.8 cm³/mol. The number of aromatic nitrogens is 1. The largest absolute Gasteiger partial charge is 0.381 e. The van der Waals surface area contributed by atoms with Crippen LogP contribution in [-0.4, -0.2) is 30.6 Å². The summed E-state index contributed by atoms with van der Waals surface area (Å²) in [7, 11) is 0. The van der Waals surface area contributed by atoms with Crippen LogP contribution >= 0.6 is 11.6 Å². The molecule has 2 heterocycles. The minimum absolute atomic E-state index is 0.0991. The zero-order chi connectivity index (χ0) is 16.1. The van der Waals surface area contributed by atoms with Crippen molar-refractivity contribution in [2.24, 2.45) is 0 Å². The summed E-state index contributed by atoms with van der Waals surface area (Å²) in [6, 6.07) is 11.4.